The summed E-state index contributed by atoms with van der Waals surface area (Å²) >= 11 is 3.42. The Morgan fingerprint density at radius 3 is 2.72 bits per heavy atom. The van der Waals surface area contributed by atoms with Gasteiger partial charge < -0.3 is 4.90 Å². The van der Waals surface area contributed by atoms with E-state index in [0.29, 0.717) is 12.1 Å². The smallest absolute Gasteiger partial charge is 0.161 e. The number of nitrogens with zero attached hydrogens (tertiary/aromatic N) is 2. The van der Waals surface area contributed by atoms with Crippen LogP contribution in [0, 0.1) is 17.2 Å². The van der Waals surface area contributed by atoms with Crippen LogP contribution in [0.3, 0.4) is 0 Å². The lowest BCUT2D eigenvalue weighted by molar-refractivity contribution is 0.101. The molecule has 0 fully saturated rings. The van der Waals surface area contributed by atoms with Gasteiger partial charge in [-0.3, -0.25) is 4.79 Å². The van der Waals surface area contributed by atoms with Crippen LogP contribution in [-0.2, 0) is 0 Å². The summed E-state index contributed by atoms with van der Waals surface area (Å²) in [5.41, 5.74) is 1.59. The van der Waals surface area contributed by atoms with Crippen LogP contribution in [0.25, 0.3) is 0 Å². The van der Waals surface area contributed by atoms with Gasteiger partial charge in [-0.15, -0.1) is 0 Å². The molecule has 0 heterocycles. The fraction of sp³-hybridized carbons (Fsp3) is 0.429. The summed E-state index contributed by atoms with van der Waals surface area (Å²) in [5, 5.41) is 8.91. The predicted octanol–water partition coefficient (Wildman–Crippen LogP) is 3.64. The molecule has 18 heavy (non-hydrogen) atoms. The fourth-order valence-electron chi connectivity index (χ4n) is 1.83. The maximum absolute atomic E-state index is 11.6. The number of anilines is 1. The highest BCUT2D eigenvalue weighted by molar-refractivity contribution is 9.10. The van der Waals surface area contributed by atoms with E-state index in [9.17, 15) is 4.79 Å². The van der Waals surface area contributed by atoms with Crippen molar-refractivity contribution in [1.29, 1.82) is 5.26 Å². The average Bonchev–Trinajstić information content (AvgIpc) is 2.35. The summed E-state index contributed by atoms with van der Waals surface area (Å²) < 4.78 is 0.936. The largest absolute Gasteiger partial charge is 0.370 e. The first-order valence-corrected chi connectivity index (χ1v) is 6.74. The predicted molar refractivity (Wildman–Crippen MR) is 76.8 cm³/mol. The van der Waals surface area contributed by atoms with Gasteiger partial charge in [0, 0.05) is 28.8 Å². The molecule has 0 aliphatic heterocycles. The molecule has 0 aromatic heterocycles. The van der Waals surface area contributed by atoms with E-state index in [-0.39, 0.29) is 11.7 Å². The van der Waals surface area contributed by atoms with Gasteiger partial charge in [-0.1, -0.05) is 15.9 Å². The molecule has 1 rings (SSSR count). The number of benzene rings is 1. The molecular weight excluding hydrogens is 292 g/mol. The molecule has 0 saturated carbocycles. The van der Waals surface area contributed by atoms with E-state index >= 15 is 0 Å². The Bertz CT molecular complexity index is 479. The Morgan fingerprint density at radius 1 is 1.56 bits per heavy atom. The normalized spacial score (nSPS) is 11.7. The molecule has 96 valence electrons. The number of halogens is 1. The summed E-state index contributed by atoms with van der Waals surface area (Å²) in [7, 11) is 0. The standard InChI is InChI=1S/C14H17BrN2O/c1-4-17(9-10(2)8-16)14-7-12(15)5-6-13(14)11(3)18/h5-7,10H,4,9H2,1-3H3. The molecule has 0 saturated heterocycles. The molecule has 1 atom stereocenters. The molecule has 0 bridgehead atoms. The van der Waals surface area contributed by atoms with E-state index in [1.165, 1.54) is 0 Å². The maximum Gasteiger partial charge on any atom is 0.161 e. The van der Waals surface area contributed by atoms with Gasteiger partial charge in [-0.2, -0.15) is 5.26 Å². The Morgan fingerprint density at radius 2 is 2.22 bits per heavy atom. The molecule has 1 aromatic carbocycles. The number of carbonyl (C=O) groups is 1. The first-order valence-electron chi connectivity index (χ1n) is 5.94. The van der Waals surface area contributed by atoms with Crippen LogP contribution in [-0.4, -0.2) is 18.9 Å². The zero-order valence-electron chi connectivity index (χ0n) is 10.9. The van der Waals surface area contributed by atoms with Crippen molar-refractivity contribution in [2.75, 3.05) is 18.0 Å². The van der Waals surface area contributed by atoms with Crippen molar-refractivity contribution in [2.24, 2.45) is 5.92 Å². The van der Waals surface area contributed by atoms with Gasteiger partial charge in [-0.25, -0.2) is 0 Å². The highest BCUT2D eigenvalue weighted by atomic mass is 79.9. The van der Waals surface area contributed by atoms with E-state index in [4.69, 9.17) is 5.26 Å². The molecular formula is C14H17BrN2O. The van der Waals surface area contributed by atoms with Crippen molar-refractivity contribution in [3.05, 3.63) is 28.2 Å². The summed E-state index contributed by atoms with van der Waals surface area (Å²) in [6.07, 6.45) is 0. The van der Waals surface area contributed by atoms with Crippen LogP contribution in [0.4, 0.5) is 5.69 Å². The van der Waals surface area contributed by atoms with E-state index in [0.717, 1.165) is 16.7 Å². The Hall–Kier alpha value is -1.34. The van der Waals surface area contributed by atoms with Crippen molar-refractivity contribution in [1.82, 2.24) is 0 Å². The third-order valence-corrected chi connectivity index (χ3v) is 3.27. The van der Waals surface area contributed by atoms with E-state index in [2.05, 4.69) is 26.9 Å². The van der Waals surface area contributed by atoms with Crippen LogP contribution < -0.4 is 4.90 Å². The second-order valence-corrected chi connectivity index (χ2v) is 5.20. The van der Waals surface area contributed by atoms with Gasteiger partial charge in [0.05, 0.1) is 12.0 Å². The number of hydrogen-bond acceptors (Lipinski definition) is 3. The van der Waals surface area contributed by atoms with Gasteiger partial charge in [-0.05, 0) is 39.0 Å². The van der Waals surface area contributed by atoms with Crippen molar-refractivity contribution in [2.45, 2.75) is 20.8 Å². The minimum atomic E-state index is -0.0660. The second-order valence-electron chi connectivity index (χ2n) is 4.29. The van der Waals surface area contributed by atoms with E-state index in [1.807, 2.05) is 32.0 Å². The number of Topliss-reactive ketones (excluding diaryl/α,β-unsaturated/α-hetero) is 1. The SMILES string of the molecule is CCN(CC(C)C#N)c1cc(Br)ccc1C(C)=O. The molecule has 0 N–H and O–H groups in total. The van der Waals surface area contributed by atoms with E-state index in [1.54, 1.807) is 6.92 Å². The zero-order chi connectivity index (χ0) is 13.7. The first-order chi connectivity index (χ1) is 8.49. The van der Waals surface area contributed by atoms with Gasteiger partial charge in [0.25, 0.3) is 0 Å². The zero-order valence-corrected chi connectivity index (χ0v) is 12.5. The minimum Gasteiger partial charge on any atom is -0.370 e. The lowest BCUT2D eigenvalue weighted by atomic mass is 10.1. The van der Waals surface area contributed by atoms with Crippen molar-refractivity contribution in [3.8, 4) is 6.07 Å². The van der Waals surface area contributed by atoms with Gasteiger partial charge in [0.2, 0.25) is 0 Å². The summed E-state index contributed by atoms with van der Waals surface area (Å²) in [4.78, 5) is 13.7. The highest BCUT2D eigenvalue weighted by Gasteiger charge is 2.15. The Balaban J connectivity index is 3.15. The molecule has 0 spiro atoms. The van der Waals surface area contributed by atoms with Gasteiger partial charge in [0.1, 0.15) is 0 Å². The molecule has 0 amide bonds. The number of rotatable bonds is 5. The molecule has 1 aromatic rings. The topological polar surface area (TPSA) is 44.1 Å². The molecule has 3 nitrogen and oxygen atoms in total. The summed E-state index contributed by atoms with van der Waals surface area (Å²) in [6, 6.07) is 7.84. The first kappa shape index (κ1) is 14.7. The Kier molecular flexibility index (Phi) is 5.36. The third-order valence-electron chi connectivity index (χ3n) is 2.78. The number of hydrogen-bond donors (Lipinski definition) is 0. The van der Waals surface area contributed by atoms with Crippen molar-refractivity contribution in [3.63, 3.8) is 0 Å². The molecule has 4 heteroatoms. The molecule has 1 unspecified atom stereocenters. The molecule has 0 aliphatic carbocycles. The number of carbonyl (C=O) groups excluding carboxylic acids is 1. The lowest BCUT2D eigenvalue weighted by Crippen LogP contribution is -2.29. The quantitative estimate of drug-likeness (QED) is 0.780. The van der Waals surface area contributed by atoms with Gasteiger partial charge in [0.15, 0.2) is 5.78 Å². The highest BCUT2D eigenvalue weighted by Crippen LogP contribution is 2.26. The monoisotopic (exact) mass is 308 g/mol. The lowest BCUT2D eigenvalue weighted by Gasteiger charge is -2.26. The number of nitriles is 1. The van der Waals surface area contributed by atoms with Crippen LogP contribution in [0.2, 0.25) is 0 Å². The third kappa shape index (κ3) is 3.58. The summed E-state index contributed by atoms with van der Waals surface area (Å²) in [6.45, 7) is 6.86. The maximum atomic E-state index is 11.6. The second kappa shape index (κ2) is 6.55. The molecule has 0 radical (unpaired) electrons. The van der Waals surface area contributed by atoms with Crippen LogP contribution in [0.5, 0.6) is 0 Å². The van der Waals surface area contributed by atoms with Crippen molar-refractivity contribution >= 4 is 27.4 Å². The van der Waals surface area contributed by atoms with Crippen LogP contribution >= 0.6 is 15.9 Å². The average molecular weight is 309 g/mol. The Labute approximate surface area is 117 Å². The fourth-order valence-corrected chi connectivity index (χ4v) is 2.18. The van der Waals surface area contributed by atoms with Crippen LogP contribution in [0.1, 0.15) is 31.1 Å². The molecule has 0 aliphatic rings. The van der Waals surface area contributed by atoms with E-state index < -0.39 is 0 Å². The van der Waals surface area contributed by atoms with Crippen molar-refractivity contribution < 1.29 is 4.79 Å². The minimum absolute atomic E-state index is 0.0422. The number of ketones is 1. The summed E-state index contributed by atoms with van der Waals surface area (Å²) in [5.74, 6) is -0.0238. The van der Waals surface area contributed by atoms with Gasteiger partial charge >= 0.3 is 0 Å². The van der Waals surface area contributed by atoms with Crippen LogP contribution in [0.15, 0.2) is 22.7 Å².